The van der Waals surface area contributed by atoms with Gasteiger partial charge in [0.15, 0.2) is 9.84 Å². The number of hydrogen-bond acceptors (Lipinski definition) is 5. The molecule has 2 aliphatic rings. The van der Waals surface area contributed by atoms with Gasteiger partial charge in [-0.3, -0.25) is 14.2 Å². The summed E-state index contributed by atoms with van der Waals surface area (Å²) in [4.78, 5) is 31.6. The lowest BCUT2D eigenvalue weighted by Crippen LogP contribution is -2.45. The zero-order valence-corrected chi connectivity index (χ0v) is 15.9. The van der Waals surface area contributed by atoms with E-state index in [4.69, 9.17) is 0 Å². The van der Waals surface area contributed by atoms with Crippen LogP contribution >= 0.6 is 0 Å². The van der Waals surface area contributed by atoms with Crippen LogP contribution in [0.25, 0.3) is 10.9 Å². The summed E-state index contributed by atoms with van der Waals surface area (Å²) in [6, 6.07) is 7.29. The second-order valence-corrected chi connectivity index (χ2v) is 9.71. The summed E-state index contributed by atoms with van der Waals surface area (Å²) in [6.07, 6.45) is 4.15. The van der Waals surface area contributed by atoms with Crippen molar-refractivity contribution in [3.05, 3.63) is 40.9 Å². The summed E-state index contributed by atoms with van der Waals surface area (Å²) in [5.41, 5.74) is 0.633. The first-order chi connectivity index (χ1) is 12.9. The zero-order valence-electron chi connectivity index (χ0n) is 15.1. The first-order valence-electron chi connectivity index (χ1n) is 9.40. The van der Waals surface area contributed by atoms with Gasteiger partial charge in [-0.1, -0.05) is 12.1 Å². The lowest BCUT2D eigenvalue weighted by atomic mass is 9.99. The fraction of sp³-hybridized carbons (Fsp3) is 0.526. The topological polar surface area (TPSA) is 89.3 Å². The lowest BCUT2D eigenvalue weighted by molar-refractivity contribution is -0.136. The molecule has 2 aliphatic heterocycles. The van der Waals surface area contributed by atoms with Crippen molar-refractivity contribution >= 4 is 26.6 Å². The summed E-state index contributed by atoms with van der Waals surface area (Å²) in [5.74, 6) is -0.303. The van der Waals surface area contributed by atoms with Gasteiger partial charge in [0.1, 0.15) is 0 Å². The molecule has 0 radical (unpaired) electrons. The van der Waals surface area contributed by atoms with Crippen LogP contribution in [0, 0.1) is 5.92 Å². The number of hydrogen-bond donors (Lipinski definition) is 0. The Labute approximate surface area is 157 Å². The fourth-order valence-corrected chi connectivity index (χ4v) is 5.88. The van der Waals surface area contributed by atoms with E-state index in [0.29, 0.717) is 49.7 Å². The summed E-state index contributed by atoms with van der Waals surface area (Å²) in [6.45, 7) is 1.08. The molecular weight excluding hydrogens is 366 g/mol. The molecule has 0 aliphatic carbocycles. The number of amides is 1. The Kier molecular flexibility index (Phi) is 4.75. The average Bonchev–Trinajstić information content (AvgIpc) is 2.67. The van der Waals surface area contributed by atoms with Crippen LogP contribution in [0.5, 0.6) is 0 Å². The Morgan fingerprint density at radius 1 is 1.11 bits per heavy atom. The Morgan fingerprint density at radius 2 is 1.85 bits per heavy atom. The molecular formula is C19H23N3O4S. The van der Waals surface area contributed by atoms with Crippen LogP contribution in [0.15, 0.2) is 35.4 Å². The Bertz CT molecular complexity index is 1020. The Balaban J connectivity index is 1.45. The quantitative estimate of drug-likeness (QED) is 0.774. The number of benzene rings is 1. The molecule has 2 fully saturated rings. The molecule has 4 rings (SSSR count). The minimum Gasteiger partial charge on any atom is -0.342 e. The van der Waals surface area contributed by atoms with E-state index in [1.54, 1.807) is 21.9 Å². The molecule has 2 saturated heterocycles. The van der Waals surface area contributed by atoms with E-state index in [9.17, 15) is 18.0 Å². The molecule has 27 heavy (non-hydrogen) atoms. The van der Waals surface area contributed by atoms with Gasteiger partial charge in [-0.2, -0.15) is 0 Å². The third-order valence-corrected chi connectivity index (χ3v) is 7.49. The molecule has 1 atom stereocenters. The van der Waals surface area contributed by atoms with Crippen LogP contribution in [0.2, 0.25) is 0 Å². The molecule has 1 unspecified atom stereocenters. The number of carbonyl (C=O) groups is 1. The molecule has 1 aromatic heterocycles. The molecule has 8 heteroatoms. The van der Waals surface area contributed by atoms with Crippen molar-refractivity contribution in [1.82, 2.24) is 14.5 Å². The van der Waals surface area contributed by atoms with Gasteiger partial charge in [0.05, 0.1) is 34.7 Å². The molecule has 2 aromatic rings. The number of piperidine rings is 1. The van der Waals surface area contributed by atoms with Gasteiger partial charge < -0.3 is 4.90 Å². The highest BCUT2D eigenvalue weighted by atomic mass is 32.2. The van der Waals surface area contributed by atoms with E-state index in [1.165, 1.54) is 0 Å². The van der Waals surface area contributed by atoms with Crippen molar-refractivity contribution in [2.45, 2.75) is 31.7 Å². The molecule has 0 spiro atoms. The van der Waals surface area contributed by atoms with Gasteiger partial charge in [0, 0.05) is 19.1 Å². The third kappa shape index (κ3) is 3.63. The molecule has 0 saturated carbocycles. The number of rotatable bonds is 2. The van der Waals surface area contributed by atoms with Crippen molar-refractivity contribution in [1.29, 1.82) is 0 Å². The van der Waals surface area contributed by atoms with Gasteiger partial charge in [0.2, 0.25) is 5.91 Å². The van der Waals surface area contributed by atoms with E-state index in [2.05, 4.69) is 4.98 Å². The van der Waals surface area contributed by atoms with E-state index in [1.807, 2.05) is 18.2 Å². The number of nitrogens with zero attached hydrogens (tertiary/aromatic N) is 3. The molecule has 7 nitrogen and oxygen atoms in total. The zero-order chi connectivity index (χ0) is 19.0. The second-order valence-electron chi connectivity index (χ2n) is 7.48. The highest BCUT2D eigenvalue weighted by Crippen LogP contribution is 2.26. The maximum absolute atomic E-state index is 12.7. The van der Waals surface area contributed by atoms with Gasteiger partial charge in [-0.15, -0.1) is 0 Å². The number of carbonyl (C=O) groups excluding carboxylic acids is 1. The smallest absolute Gasteiger partial charge is 0.261 e. The van der Waals surface area contributed by atoms with Gasteiger partial charge in [0.25, 0.3) is 5.56 Å². The summed E-state index contributed by atoms with van der Waals surface area (Å²) >= 11 is 0. The average molecular weight is 389 g/mol. The van der Waals surface area contributed by atoms with Crippen molar-refractivity contribution < 1.29 is 13.2 Å². The van der Waals surface area contributed by atoms with Crippen molar-refractivity contribution in [2.75, 3.05) is 24.6 Å². The number of fused-ring (bicyclic) bond motifs is 1. The van der Waals surface area contributed by atoms with Crippen LogP contribution in [-0.2, 0) is 14.6 Å². The van der Waals surface area contributed by atoms with Gasteiger partial charge in [-0.05, 0) is 37.8 Å². The fourth-order valence-electron chi connectivity index (χ4n) is 4.18. The monoisotopic (exact) mass is 389 g/mol. The van der Waals surface area contributed by atoms with E-state index >= 15 is 0 Å². The number of aromatic nitrogens is 2. The standard InChI is InChI=1S/C19H23N3O4S/c23-18(14-4-3-11-27(25,26)12-14)21-9-7-15(8-10-21)22-13-20-17-6-2-1-5-16(17)19(22)24/h1-2,5-6,13-15H,3-4,7-12H2. The predicted octanol–water partition coefficient (Wildman–Crippen LogP) is 1.38. The van der Waals surface area contributed by atoms with E-state index in [-0.39, 0.29) is 29.0 Å². The number of likely N-dealkylation sites (tertiary alicyclic amines) is 1. The first kappa shape index (κ1) is 18.2. The Morgan fingerprint density at radius 3 is 2.59 bits per heavy atom. The summed E-state index contributed by atoms with van der Waals surface area (Å²) < 4.78 is 25.3. The molecule has 0 N–H and O–H groups in total. The van der Waals surface area contributed by atoms with Crippen molar-refractivity contribution in [3.63, 3.8) is 0 Å². The summed E-state index contributed by atoms with van der Waals surface area (Å²) in [5, 5.41) is 0.603. The number of sulfone groups is 1. The first-order valence-corrected chi connectivity index (χ1v) is 11.2. The lowest BCUT2D eigenvalue weighted by Gasteiger charge is -2.35. The van der Waals surface area contributed by atoms with Crippen molar-refractivity contribution in [2.24, 2.45) is 5.92 Å². The second kappa shape index (κ2) is 7.07. The van der Waals surface area contributed by atoms with Crippen molar-refractivity contribution in [3.8, 4) is 0 Å². The van der Waals surface area contributed by atoms with E-state index < -0.39 is 15.8 Å². The van der Waals surface area contributed by atoms with Gasteiger partial charge in [-0.25, -0.2) is 13.4 Å². The van der Waals surface area contributed by atoms with E-state index in [0.717, 1.165) is 0 Å². The minimum atomic E-state index is -3.10. The molecule has 1 aromatic carbocycles. The molecule has 1 amide bonds. The normalized spacial score (nSPS) is 23.4. The predicted molar refractivity (Wildman–Crippen MR) is 102 cm³/mol. The minimum absolute atomic E-state index is 0.00810. The highest BCUT2D eigenvalue weighted by Gasteiger charge is 2.34. The Hall–Kier alpha value is -2.22. The van der Waals surface area contributed by atoms with Gasteiger partial charge >= 0.3 is 0 Å². The molecule has 0 bridgehead atoms. The largest absolute Gasteiger partial charge is 0.342 e. The van der Waals surface area contributed by atoms with Crippen LogP contribution in [0.3, 0.4) is 0 Å². The SMILES string of the molecule is O=C(C1CCCS(=O)(=O)C1)N1CCC(n2cnc3ccccc3c2=O)CC1. The summed E-state index contributed by atoms with van der Waals surface area (Å²) in [7, 11) is -3.10. The molecule has 144 valence electrons. The maximum atomic E-state index is 12.7. The maximum Gasteiger partial charge on any atom is 0.261 e. The molecule has 3 heterocycles. The highest BCUT2D eigenvalue weighted by molar-refractivity contribution is 7.91. The van der Waals surface area contributed by atoms with Crippen LogP contribution < -0.4 is 5.56 Å². The number of para-hydroxylation sites is 1. The third-order valence-electron chi connectivity index (χ3n) is 5.67. The van der Waals surface area contributed by atoms with Crippen LogP contribution in [0.4, 0.5) is 0 Å². The van der Waals surface area contributed by atoms with Crippen LogP contribution in [0.1, 0.15) is 31.7 Å². The van der Waals surface area contributed by atoms with Crippen LogP contribution in [-0.4, -0.2) is 53.4 Å².